The molecule has 2 aromatic rings. The standard InChI is InChI=1S/C16H21N5O3/c1-3-24-13-7-5-4-6-12(13)21-17-14(16(22)23)15(18-21)20-10-8-19(2)9-11-20/h4-7H,3,8-11H2,1-2H3,(H,22,23). The van der Waals surface area contributed by atoms with Gasteiger partial charge in [0.2, 0.25) is 5.69 Å². The number of aromatic carboxylic acids is 1. The van der Waals surface area contributed by atoms with E-state index in [-0.39, 0.29) is 5.69 Å². The Hall–Kier alpha value is -2.61. The van der Waals surface area contributed by atoms with Gasteiger partial charge in [-0.15, -0.1) is 15.0 Å². The number of hydrogen-bond donors (Lipinski definition) is 1. The number of nitrogens with zero attached hydrogens (tertiary/aromatic N) is 5. The Morgan fingerprint density at radius 3 is 2.58 bits per heavy atom. The van der Waals surface area contributed by atoms with Crippen molar-refractivity contribution in [3.8, 4) is 11.4 Å². The van der Waals surface area contributed by atoms with Crippen molar-refractivity contribution in [1.82, 2.24) is 19.9 Å². The topological polar surface area (TPSA) is 83.7 Å². The zero-order valence-electron chi connectivity index (χ0n) is 13.8. The molecule has 0 unspecified atom stereocenters. The number of carbonyl (C=O) groups is 1. The highest BCUT2D eigenvalue weighted by atomic mass is 16.5. The summed E-state index contributed by atoms with van der Waals surface area (Å²) in [6, 6.07) is 7.33. The summed E-state index contributed by atoms with van der Waals surface area (Å²) < 4.78 is 5.59. The lowest BCUT2D eigenvalue weighted by molar-refractivity contribution is 0.0690. The van der Waals surface area contributed by atoms with E-state index in [2.05, 4.69) is 15.1 Å². The average molecular weight is 331 g/mol. The van der Waals surface area contributed by atoms with Gasteiger partial charge in [-0.2, -0.15) is 0 Å². The van der Waals surface area contributed by atoms with Crippen LogP contribution in [0.15, 0.2) is 24.3 Å². The van der Waals surface area contributed by atoms with Gasteiger partial charge >= 0.3 is 5.97 Å². The summed E-state index contributed by atoms with van der Waals surface area (Å²) in [6.07, 6.45) is 0. The third-order valence-electron chi connectivity index (χ3n) is 3.98. The molecule has 0 aliphatic carbocycles. The van der Waals surface area contributed by atoms with Crippen molar-refractivity contribution >= 4 is 11.8 Å². The first kappa shape index (κ1) is 16.3. The molecule has 3 rings (SSSR count). The summed E-state index contributed by atoms with van der Waals surface area (Å²) in [5.74, 6) is -0.0529. The fourth-order valence-corrected chi connectivity index (χ4v) is 2.68. The maximum absolute atomic E-state index is 11.6. The van der Waals surface area contributed by atoms with Crippen LogP contribution < -0.4 is 9.64 Å². The van der Waals surface area contributed by atoms with Crippen molar-refractivity contribution in [3.05, 3.63) is 30.0 Å². The number of aromatic nitrogens is 3. The second-order valence-corrected chi connectivity index (χ2v) is 5.66. The summed E-state index contributed by atoms with van der Waals surface area (Å²) in [4.78, 5) is 17.1. The number of carboxylic acids is 1. The number of anilines is 1. The zero-order valence-corrected chi connectivity index (χ0v) is 13.8. The molecule has 0 radical (unpaired) electrons. The molecular weight excluding hydrogens is 310 g/mol. The Morgan fingerprint density at radius 2 is 1.92 bits per heavy atom. The van der Waals surface area contributed by atoms with E-state index in [0.29, 0.717) is 23.9 Å². The average Bonchev–Trinajstić information content (AvgIpc) is 3.02. The van der Waals surface area contributed by atoms with E-state index in [9.17, 15) is 9.90 Å². The van der Waals surface area contributed by atoms with Crippen LogP contribution in [0.3, 0.4) is 0 Å². The number of benzene rings is 1. The predicted octanol–water partition coefficient (Wildman–Crippen LogP) is 1.12. The lowest BCUT2D eigenvalue weighted by atomic mass is 10.3. The molecule has 0 saturated carbocycles. The van der Waals surface area contributed by atoms with Crippen LogP contribution in [0.25, 0.3) is 5.69 Å². The molecule has 24 heavy (non-hydrogen) atoms. The summed E-state index contributed by atoms with van der Waals surface area (Å²) in [5.41, 5.74) is 0.591. The molecule has 1 N–H and O–H groups in total. The van der Waals surface area contributed by atoms with Gasteiger partial charge in [0.05, 0.1) is 6.61 Å². The lowest BCUT2D eigenvalue weighted by Gasteiger charge is -2.32. The largest absolute Gasteiger partial charge is 0.492 e. The van der Waals surface area contributed by atoms with Gasteiger partial charge in [0.25, 0.3) is 0 Å². The predicted molar refractivity (Wildman–Crippen MR) is 89.2 cm³/mol. The maximum atomic E-state index is 11.6. The molecule has 1 fully saturated rings. The number of carboxylic acid groups (broad SMARTS) is 1. The van der Waals surface area contributed by atoms with Gasteiger partial charge in [0.1, 0.15) is 11.4 Å². The highest BCUT2D eigenvalue weighted by molar-refractivity contribution is 5.91. The zero-order chi connectivity index (χ0) is 17.1. The monoisotopic (exact) mass is 331 g/mol. The number of piperazine rings is 1. The number of ether oxygens (including phenoxy) is 1. The van der Waals surface area contributed by atoms with Crippen LogP contribution in [0, 0.1) is 0 Å². The highest BCUT2D eigenvalue weighted by Gasteiger charge is 2.26. The second kappa shape index (κ2) is 6.88. The smallest absolute Gasteiger partial charge is 0.360 e. The molecule has 0 amide bonds. The Balaban J connectivity index is 1.99. The molecule has 1 saturated heterocycles. The molecule has 1 aromatic heterocycles. The van der Waals surface area contributed by atoms with Crippen molar-refractivity contribution in [2.75, 3.05) is 44.7 Å². The van der Waals surface area contributed by atoms with Crippen LogP contribution in [0.1, 0.15) is 17.4 Å². The van der Waals surface area contributed by atoms with Gasteiger partial charge in [-0.3, -0.25) is 0 Å². The molecule has 0 atom stereocenters. The van der Waals surface area contributed by atoms with Crippen molar-refractivity contribution in [3.63, 3.8) is 0 Å². The first-order valence-electron chi connectivity index (χ1n) is 7.96. The molecule has 8 nitrogen and oxygen atoms in total. The molecule has 8 heteroatoms. The van der Waals surface area contributed by atoms with Crippen LogP contribution in [0.2, 0.25) is 0 Å². The van der Waals surface area contributed by atoms with E-state index < -0.39 is 5.97 Å². The van der Waals surface area contributed by atoms with E-state index in [4.69, 9.17) is 4.74 Å². The number of rotatable bonds is 5. The summed E-state index contributed by atoms with van der Waals surface area (Å²) in [6.45, 7) is 5.58. The molecule has 128 valence electrons. The maximum Gasteiger partial charge on any atom is 0.360 e. The summed E-state index contributed by atoms with van der Waals surface area (Å²) in [7, 11) is 2.05. The van der Waals surface area contributed by atoms with Gasteiger partial charge in [-0.25, -0.2) is 4.79 Å². The van der Waals surface area contributed by atoms with E-state index in [1.807, 2.05) is 43.1 Å². The van der Waals surface area contributed by atoms with Crippen molar-refractivity contribution in [2.24, 2.45) is 0 Å². The fraction of sp³-hybridized carbons (Fsp3) is 0.438. The van der Waals surface area contributed by atoms with Gasteiger partial charge in [-0.05, 0) is 26.1 Å². The minimum Gasteiger partial charge on any atom is -0.492 e. The fourth-order valence-electron chi connectivity index (χ4n) is 2.68. The lowest BCUT2D eigenvalue weighted by Crippen LogP contribution is -2.45. The Kier molecular flexibility index (Phi) is 4.66. The van der Waals surface area contributed by atoms with Crippen LogP contribution in [0.5, 0.6) is 5.75 Å². The Bertz CT molecular complexity index is 722. The van der Waals surface area contributed by atoms with Crippen LogP contribution in [-0.4, -0.2) is 70.8 Å². The van der Waals surface area contributed by atoms with Crippen LogP contribution in [-0.2, 0) is 0 Å². The van der Waals surface area contributed by atoms with Gasteiger partial charge < -0.3 is 19.6 Å². The third-order valence-corrected chi connectivity index (χ3v) is 3.98. The van der Waals surface area contributed by atoms with E-state index in [0.717, 1.165) is 26.2 Å². The molecule has 0 bridgehead atoms. The molecule has 1 aliphatic rings. The van der Waals surface area contributed by atoms with Crippen molar-refractivity contribution in [1.29, 1.82) is 0 Å². The first-order valence-corrected chi connectivity index (χ1v) is 7.96. The van der Waals surface area contributed by atoms with Crippen molar-refractivity contribution < 1.29 is 14.6 Å². The molecule has 1 aliphatic heterocycles. The second-order valence-electron chi connectivity index (χ2n) is 5.66. The molecular formula is C16H21N5O3. The Labute approximate surface area is 140 Å². The summed E-state index contributed by atoms with van der Waals surface area (Å²) >= 11 is 0. The van der Waals surface area contributed by atoms with Gasteiger partial charge in [-0.1, -0.05) is 12.1 Å². The molecule has 0 spiro atoms. The number of hydrogen-bond acceptors (Lipinski definition) is 6. The number of likely N-dealkylation sites (N-methyl/N-ethyl adjacent to an activating group) is 1. The molecule has 1 aromatic carbocycles. The van der Waals surface area contributed by atoms with E-state index in [1.54, 1.807) is 0 Å². The minimum absolute atomic E-state index is 0.0362. The van der Waals surface area contributed by atoms with Crippen LogP contribution in [0.4, 0.5) is 5.82 Å². The van der Waals surface area contributed by atoms with E-state index in [1.165, 1.54) is 4.80 Å². The van der Waals surface area contributed by atoms with Gasteiger partial charge in [0.15, 0.2) is 5.82 Å². The SMILES string of the molecule is CCOc1ccccc1-n1nc(C(=O)O)c(N2CCN(C)CC2)n1. The Morgan fingerprint density at radius 1 is 1.21 bits per heavy atom. The minimum atomic E-state index is -1.08. The quantitative estimate of drug-likeness (QED) is 0.879. The van der Waals surface area contributed by atoms with Crippen molar-refractivity contribution in [2.45, 2.75) is 6.92 Å². The van der Waals surface area contributed by atoms with Gasteiger partial charge in [0, 0.05) is 26.2 Å². The third kappa shape index (κ3) is 3.18. The van der Waals surface area contributed by atoms with E-state index >= 15 is 0 Å². The highest BCUT2D eigenvalue weighted by Crippen LogP contribution is 2.25. The van der Waals surface area contributed by atoms with Crippen LogP contribution >= 0.6 is 0 Å². The summed E-state index contributed by atoms with van der Waals surface area (Å²) in [5, 5.41) is 18.1. The number of para-hydroxylation sites is 2. The first-order chi connectivity index (χ1) is 11.6. The normalized spacial score (nSPS) is 15.5. The molecule has 2 heterocycles.